The lowest BCUT2D eigenvalue weighted by Crippen LogP contribution is -2.16. The molecule has 108 valence electrons. The zero-order valence-corrected chi connectivity index (χ0v) is 12.1. The predicted octanol–water partition coefficient (Wildman–Crippen LogP) is 1.91. The van der Waals surface area contributed by atoms with E-state index in [4.69, 9.17) is 5.26 Å². The van der Waals surface area contributed by atoms with Crippen LogP contribution in [0.3, 0.4) is 0 Å². The van der Waals surface area contributed by atoms with Gasteiger partial charge in [0, 0.05) is 43.8 Å². The van der Waals surface area contributed by atoms with Crippen LogP contribution in [0.1, 0.15) is 12.0 Å². The zero-order valence-electron chi connectivity index (χ0n) is 12.1. The van der Waals surface area contributed by atoms with Crippen LogP contribution in [0.4, 0.5) is 11.4 Å². The van der Waals surface area contributed by atoms with Crippen molar-refractivity contribution in [1.82, 2.24) is 9.78 Å². The quantitative estimate of drug-likeness (QED) is 0.909. The molecule has 0 aliphatic heterocycles. The lowest BCUT2D eigenvalue weighted by Gasteiger charge is -2.18. The average Bonchev–Trinajstić information content (AvgIpc) is 2.85. The molecule has 1 N–H and O–H groups in total. The minimum atomic E-state index is -0.297. The fourth-order valence-electron chi connectivity index (χ4n) is 1.99. The maximum Gasteiger partial charge on any atom is 0.238 e. The highest BCUT2D eigenvalue weighted by Gasteiger charge is 2.05. The van der Waals surface area contributed by atoms with E-state index in [1.165, 1.54) is 0 Å². The van der Waals surface area contributed by atoms with E-state index < -0.39 is 0 Å². The normalized spacial score (nSPS) is 9.95. The lowest BCUT2D eigenvalue weighted by atomic mass is 10.2. The molecule has 0 fully saturated rings. The summed E-state index contributed by atoms with van der Waals surface area (Å²) in [6.45, 7) is 0.758. The molecule has 0 saturated heterocycles. The Balaban J connectivity index is 1.98. The highest BCUT2D eigenvalue weighted by molar-refractivity contribution is 5.92. The van der Waals surface area contributed by atoms with Crippen LogP contribution in [0.5, 0.6) is 0 Å². The molecule has 0 aliphatic carbocycles. The highest BCUT2D eigenvalue weighted by Crippen LogP contribution is 2.18. The molecule has 1 amide bonds. The molecule has 0 radical (unpaired) electrons. The summed E-state index contributed by atoms with van der Waals surface area (Å²) in [4.78, 5) is 13.4. The van der Waals surface area contributed by atoms with Gasteiger partial charge in [-0.25, -0.2) is 0 Å². The second-order valence-electron chi connectivity index (χ2n) is 4.81. The van der Waals surface area contributed by atoms with E-state index in [-0.39, 0.29) is 12.3 Å². The third-order valence-corrected chi connectivity index (χ3v) is 3.01. The summed E-state index contributed by atoms with van der Waals surface area (Å²) in [5.41, 5.74) is 2.86. The number of hydrogen-bond acceptors (Lipinski definition) is 4. The van der Waals surface area contributed by atoms with E-state index in [0.29, 0.717) is 5.69 Å². The van der Waals surface area contributed by atoms with Gasteiger partial charge in [-0.15, -0.1) is 0 Å². The molecule has 0 spiro atoms. The van der Waals surface area contributed by atoms with Gasteiger partial charge in [-0.3, -0.25) is 9.48 Å². The van der Waals surface area contributed by atoms with Crippen molar-refractivity contribution in [2.24, 2.45) is 7.05 Å². The molecule has 0 aliphatic rings. The van der Waals surface area contributed by atoms with Gasteiger partial charge >= 0.3 is 0 Å². The third kappa shape index (κ3) is 4.08. The summed E-state index contributed by atoms with van der Waals surface area (Å²) < 4.78 is 1.77. The second-order valence-corrected chi connectivity index (χ2v) is 4.81. The number of nitrogens with zero attached hydrogens (tertiary/aromatic N) is 4. The maximum absolute atomic E-state index is 11.3. The summed E-state index contributed by atoms with van der Waals surface area (Å²) >= 11 is 0. The van der Waals surface area contributed by atoms with Crippen LogP contribution >= 0.6 is 0 Å². The van der Waals surface area contributed by atoms with Crippen molar-refractivity contribution in [2.75, 3.05) is 17.3 Å². The summed E-state index contributed by atoms with van der Waals surface area (Å²) in [6, 6.07) is 9.32. The third-order valence-electron chi connectivity index (χ3n) is 3.01. The molecule has 6 heteroatoms. The summed E-state index contributed by atoms with van der Waals surface area (Å²) in [7, 11) is 3.89. The van der Waals surface area contributed by atoms with E-state index in [9.17, 15) is 4.79 Å². The van der Waals surface area contributed by atoms with E-state index in [0.717, 1.165) is 17.8 Å². The number of anilines is 2. The molecule has 0 bridgehead atoms. The first-order chi connectivity index (χ1) is 10.1. The number of hydrogen-bond donors (Lipinski definition) is 1. The number of nitrogens with one attached hydrogen (secondary N) is 1. The standard InChI is InChI=1S/C15H17N5O/c1-19(10-12-9-17-20(2)11-12)14-5-3-13(4-6-14)18-15(21)7-8-16/h3-6,9,11H,7,10H2,1-2H3,(H,18,21). The zero-order chi connectivity index (χ0) is 15.2. The Hall–Kier alpha value is -2.81. The average molecular weight is 283 g/mol. The maximum atomic E-state index is 11.3. The molecule has 1 aromatic heterocycles. The van der Waals surface area contributed by atoms with Crippen LogP contribution in [0, 0.1) is 11.3 Å². The Morgan fingerprint density at radius 1 is 1.43 bits per heavy atom. The topological polar surface area (TPSA) is 74.0 Å². The molecular weight excluding hydrogens is 266 g/mol. The van der Waals surface area contributed by atoms with Gasteiger partial charge in [-0.1, -0.05) is 0 Å². The number of aryl methyl sites for hydroxylation is 1. The number of rotatable bonds is 5. The predicted molar refractivity (Wildman–Crippen MR) is 80.6 cm³/mol. The molecule has 0 atom stereocenters. The minimum absolute atomic E-state index is 0.136. The molecular formula is C15H17N5O. The minimum Gasteiger partial charge on any atom is -0.370 e. The Morgan fingerprint density at radius 2 is 2.14 bits per heavy atom. The summed E-state index contributed by atoms with van der Waals surface area (Å²) in [6.07, 6.45) is 3.68. The molecule has 6 nitrogen and oxygen atoms in total. The molecule has 1 heterocycles. The van der Waals surface area contributed by atoms with E-state index in [2.05, 4.69) is 15.3 Å². The molecule has 1 aromatic carbocycles. The Kier molecular flexibility index (Phi) is 4.57. The first-order valence-corrected chi connectivity index (χ1v) is 6.54. The Bertz CT molecular complexity index is 653. The monoisotopic (exact) mass is 283 g/mol. The Morgan fingerprint density at radius 3 is 2.71 bits per heavy atom. The number of carbonyl (C=O) groups is 1. The van der Waals surface area contributed by atoms with Gasteiger partial charge in [0.2, 0.25) is 5.91 Å². The molecule has 2 rings (SSSR count). The van der Waals surface area contributed by atoms with Gasteiger partial charge in [-0.2, -0.15) is 10.4 Å². The van der Waals surface area contributed by atoms with Crippen LogP contribution in [0.2, 0.25) is 0 Å². The first kappa shape index (κ1) is 14.6. The van der Waals surface area contributed by atoms with Crippen molar-refractivity contribution in [2.45, 2.75) is 13.0 Å². The fourth-order valence-corrected chi connectivity index (χ4v) is 1.99. The largest absolute Gasteiger partial charge is 0.370 e. The summed E-state index contributed by atoms with van der Waals surface area (Å²) in [5.74, 6) is -0.297. The number of amides is 1. The number of aromatic nitrogens is 2. The Labute approximate surface area is 123 Å². The van der Waals surface area contributed by atoms with Crippen molar-refractivity contribution >= 4 is 17.3 Å². The van der Waals surface area contributed by atoms with Gasteiger partial charge in [0.15, 0.2) is 0 Å². The molecule has 0 saturated carbocycles. The first-order valence-electron chi connectivity index (χ1n) is 6.54. The molecule has 0 unspecified atom stereocenters. The highest BCUT2D eigenvalue weighted by atomic mass is 16.1. The van der Waals surface area contributed by atoms with E-state index in [1.807, 2.05) is 56.8 Å². The smallest absolute Gasteiger partial charge is 0.238 e. The van der Waals surface area contributed by atoms with Crippen LogP contribution in [-0.2, 0) is 18.4 Å². The number of nitriles is 1. The van der Waals surface area contributed by atoms with Crippen molar-refractivity contribution in [3.63, 3.8) is 0 Å². The van der Waals surface area contributed by atoms with Crippen LogP contribution in [0.15, 0.2) is 36.7 Å². The van der Waals surface area contributed by atoms with Gasteiger partial charge in [0.05, 0.1) is 12.3 Å². The van der Waals surface area contributed by atoms with Gasteiger partial charge in [-0.05, 0) is 24.3 Å². The van der Waals surface area contributed by atoms with Crippen molar-refractivity contribution in [3.8, 4) is 6.07 Å². The van der Waals surface area contributed by atoms with E-state index >= 15 is 0 Å². The van der Waals surface area contributed by atoms with Crippen molar-refractivity contribution in [1.29, 1.82) is 5.26 Å². The SMILES string of the molecule is CN(Cc1cnn(C)c1)c1ccc(NC(=O)CC#N)cc1. The summed E-state index contributed by atoms with van der Waals surface area (Å²) in [5, 5.41) is 15.3. The van der Waals surface area contributed by atoms with E-state index in [1.54, 1.807) is 4.68 Å². The van der Waals surface area contributed by atoms with Gasteiger partial charge < -0.3 is 10.2 Å². The number of carbonyl (C=O) groups excluding carboxylic acids is 1. The van der Waals surface area contributed by atoms with Crippen LogP contribution < -0.4 is 10.2 Å². The van der Waals surface area contributed by atoms with Gasteiger partial charge in [0.25, 0.3) is 0 Å². The lowest BCUT2D eigenvalue weighted by molar-refractivity contribution is -0.115. The molecule has 21 heavy (non-hydrogen) atoms. The van der Waals surface area contributed by atoms with Crippen molar-refractivity contribution < 1.29 is 4.79 Å². The fraction of sp³-hybridized carbons (Fsp3) is 0.267. The van der Waals surface area contributed by atoms with Crippen LogP contribution in [0.25, 0.3) is 0 Å². The van der Waals surface area contributed by atoms with Gasteiger partial charge in [0.1, 0.15) is 6.42 Å². The second kappa shape index (κ2) is 6.57. The molecule has 2 aromatic rings. The number of benzene rings is 1. The van der Waals surface area contributed by atoms with Crippen molar-refractivity contribution in [3.05, 3.63) is 42.2 Å². The van der Waals surface area contributed by atoms with Crippen LogP contribution in [-0.4, -0.2) is 22.7 Å².